The van der Waals surface area contributed by atoms with Crippen molar-refractivity contribution in [2.75, 3.05) is 36.3 Å². The molecule has 1 amide bonds. The zero-order chi connectivity index (χ0) is 27.0. The van der Waals surface area contributed by atoms with Gasteiger partial charge in [0.05, 0.1) is 28.2 Å². The number of amides is 1. The zero-order valence-corrected chi connectivity index (χ0v) is 20.7. The maximum atomic E-state index is 13.6. The van der Waals surface area contributed by atoms with Gasteiger partial charge in [-0.1, -0.05) is 36.4 Å². The summed E-state index contributed by atoms with van der Waals surface area (Å²) < 4.78 is 40.2. The summed E-state index contributed by atoms with van der Waals surface area (Å²) in [4.78, 5) is 30.5. The van der Waals surface area contributed by atoms with Gasteiger partial charge in [0.1, 0.15) is 0 Å². The topological polar surface area (TPSA) is 89.3 Å². The largest absolute Gasteiger partial charge is 0.416 e. The van der Waals surface area contributed by atoms with Gasteiger partial charge in [0, 0.05) is 31.6 Å². The number of hydrogen-bond acceptors (Lipinski definition) is 7. The number of benzene rings is 2. The number of rotatable bonds is 5. The van der Waals surface area contributed by atoms with Gasteiger partial charge < -0.3 is 14.4 Å². The minimum absolute atomic E-state index is 0.0809. The second-order valence-corrected chi connectivity index (χ2v) is 9.79. The molecule has 0 spiro atoms. The molecule has 4 aromatic rings. The molecule has 3 heterocycles. The van der Waals surface area contributed by atoms with Crippen LogP contribution in [0.4, 0.5) is 24.5 Å². The summed E-state index contributed by atoms with van der Waals surface area (Å²) in [7, 11) is 0. The Balaban J connectivity index is 1.51. The summed E-state index contributed by atoms with van der Waals surface area (Å²) in [5.41, 5.74) is -0.679. The number of piperazine rings is 1. The van der Waals surface area contributed by atoms with Crippen LogP contribution in [0.2, 0.25) is 0 Å². The van der Waals surface area contributed by atoms with E-state index in [2.05, 4.69) is 0 Å². The van der Waals surface area contributed by atoms with Gasteiger partial charge in [-0.05, 0) is 35.2 Å². The fourth-order valence-electron chi connectivity index (χ4n) is 4.70. The molecule has 2 N–H and O–H groups in total. The lowest BCUT2D eigenvalue weighted by Gasteiger charge is -2.37. The van der Waals surface area contributed by atoms with E-state index in [0.717, 1.165) is 12.1 Å². The molecule has 12 heteroatoms. The maximum Gasteiger partial charge on any atom is 0.416 e. The van der Waals surface area contributed by atoms with Crippen molar-refractivity contribution in [1.82, 2.24) is 9.47 Å². The van der Waals surface area contributed by atoms with E-state index in [1.165, 1.54) is 28.0 Å². The van der Waals surface area contributed by atoms with Gasteiger partial charge in [-0.25, -0.2) is 0 Å². The van der Waals surface area contributed by atoms with E-state index >= 15 is 0 Å². The van der Waals surface area contributed by atoms with E-state index in [9.17, 15) is 33.2 Å². The number of carbonyl (C=O) groups excluding carboxylic acids is 1. The number of thiophene rings is 1. The number of fused-ring (bicyclic) bond motifs is 1. The number of aromatic nitrogens is 1. The van der Waals surface area contributed by atoms with Crippen molar-refractivity contribution in [2.45, 2.75) is 12.7 Å². The van der Waals surface area contributed by atoms with E-state index in [1.54, 1.807) is 35.2 Å². The van der Waals surface area contributed by atoms with Crippen LogP contribution in [-0.4, -0.2) is 52.0 Å². The number of nitrogens with zero attached hydrogens (tertiary/aromatic N) is 4. The molecule has 2 aromatic carbocycles. The third-order valence-corrected chi connectivity index (χ3v) is 7.42. The number of alkyl halides is 3. The van der Waals surface area contributed by atoms with Crippen LogP contribution < -0.4 is 15.7 Å². The third-order valence-electron chi connectivity index (χ3n) is 6.56. The van der Waals surface area contributed by atoms with E-state index in [-0.39, 0.29) is 23.4 Å². The normalized spacial score (nSPS) is 14.2. The number of halogens is 3. The van der Waals surface area contributed by atoms with Crippen molar-refractivity contribution >= 4 is 39.5 Å². The van der Waals surface area contributed by atoms with E-state index < -0.39 is 17.3 Å². The molecule has 1 saturated heterocycles. The minimum Gasteiger partial charge on any atom is -0.365 e. The fourth-order valence-corrected chi connectivity index (χ4v) is 5.39. The number of pyridine rings is 1. The van der Waals surface area contributed by atoms with Crippen LogP contribution in [0.15, 0.2) is 70.8 Å². The summed E-state index contributed by atoms with van der Waals surface area (Å²) in [6.07, 6.45) is -4.48. The number of para-hydroxylation sites is 1. The average Bonchev–Trinajstić information content (AvgIpc) is 3.44. The van der Waals surface area contributed by atoms with E-state index in [0.29, 0.717) is 53.2 Å². The smallest absolute Gasteiger partial charge is 0.365 e. The third kappa shape index (κ3) is 4.85. The first-order valence-corrected chi connectivity index (χ1v) is 12.6. The molecule has 0 atom stereocenters. The summed E-state index contributed by atoms with van der Waals surface area (Å²) >= 11 is 1.36. The minimum atomic E-state index is -4.48. The van der Waals surface area contributed by atoms with Gasteiger partial charge in [-0.3, -0.25) is 20.0 Å². The fraction of sp³-hybridized carbons (Fsp3) is 0.231. The second kappa shape index (κ2) is 10.1. The lowest BCUT2D eigenvalue weighted by molar-refractivity contribution is -0.137. The molecule has 0 bridgehead atoms. The SMILES string of the molecule is O=C(c1cccs1)N1CCN(c2c(N(O)O)c(=O)n(Cc3ccc(C(F)(F)F)cc3)c3ccccc23)CC1. The van der Waals surface area contributed by atoms with Crippen LogP contribution in [0.3, 0.4) is 0 Å². The highest BCUT2D eigenvalue weighted by atomic mass is 32.1. The molecular weight excluding hydrogens is 521 g/mol. The van der Waals surface area contributed by atoms with Crippen LogP contribution in [0.1, 0.15) is 20.8 Å². The Morgan fingerprint density at radius 1 is 0.947 bits per heavy atom. The first-order chi connectivity index (χ1) is 18.1. The van der Waals surface area contributed by atoms with E-state index in [4.69, 9.17) is 0 Å². The van der Waals surface area contributed by atoms with Crippen LogP contribution in [0.5, 0.6) is 0 Å². The van der Waals surface area contributed by atoms with Gasteiger partial charge in [-0.15, -0.1) is 16.6 Å². The second-order valence-electron chi connectivity index (χ2n) is 8.85. The van der Waals surface area contributed by atoms with Gasteiger partial charge in [0.2, 0.25) is 0 Å². The Labute approximate surface area is 218 Å². The molecule has 1 aliphatic heterocycles. The molecular formula is C26H23F3N4O4S. The van der Waals surface area contributed by atoms with Gasteiger partial charge in [-0.2, -0.15) is 13.2 Å². The number of hydrogen-bond donors (Lipinski definition) is 2. The predicted molar refractivity (Wildman–Crippen MR) is 137 cm³/mol. The highest BCUT2D eigenvalue weighted by Crippen LogP contribution is 2.35. The van der Waals surface area contributed by atoms with Gasteiger partial charge in [0.25, 0.3) is 11.5 Å². The van der Waals surface area contributed by atoms with Crippen LogP contribution in [-0.2, 0) is 12.7 Å². The van der Waals surface area contributed by atoms with Crippen LogP contribution >= 0.6 is 11.3 Å². The van der Waals surface area contributed by atoms with Gasteiger partial charge in [0.15, 0.2) is 5.69 Å². The van der Waals surface area contributed by atoms with Gasteiger partial charge >= 0.3 is 6.18 Å². The van der Waals surface area contributed by atoms with Crippen molar-refractivity contribution in [3.63, 3.8) is 0 Å². The quantitative estimate of drug-likeness (QED) is 0.355. The predicted octanol–water partition coefficient (Wildman–Crippen LogP) is 4.68. The number of anilines is 2. The van der Waals surface area contributed by atoms with Crippen molar-refractivity contribution in [1.29, 1.82) is 0 Å². The van der Waals surface area contributed by atoms with Crippen molar-refractivity contribution in [3.8, 4) is 0 Å². The molecule has 8 nitrogen and oxygen atoms in total. The van der Waals surface area contributed by atoms with Crippen molar-refractivity contribution in [2.24, 2.45) is 0 Å². The summed E-state index contributed by atoms with van der Waals surface area (Å²) in [5.74, 6) is -0.0809. The Morgan fingerprint density at radius 2 is 1.63 bits per heavy atom. The molecule has 0 radical (unpaired) electrons. The molecule has 0 unspecified atom stereocenters. The molecule has 0 aliphatic carbocycles. The van der Waals surface area contributed by atoms with Crippen LogP contribution in [0, 0.1) is 0 Å². The summed E-state index contributed by atoms with van der Waals surface area (Å²) in [6, 6.07) is 14.9. The number of carbonyl (C=O) groups is 1. The first kappa shape index (κ1) is 25.8. The Kier molecular flexibility index (Phi) is 6.86. The van der Waals surface area contributed by atoms with Crippen molar-refractivity contribution < 1.29 is 28.4 Å². The van der Waals surface area contributed by atoms with E-state index in [1.807, 2.05) is 16.3 Å². The Morgan fingerprint density at radius 3 is 2.24 bits per heavy atom. The lowest BCUT2D eigenvalue weighted by atomic mass is 10.1. The monoisotopic (exact) mass is 544 g/mol. The zero-order valence-electron chi connectivity index (χ0n) is 19.9. The highest BCUT2D eigenvalue weighted by molar-refractivity contribution is 7.12. The molecule has 198 valence electrons. The Hall–Kier alpha value is -3.87. The lowest BCUT2D eigenvalue weighted by Crippen LogP contribution is -2.49. The summed E-state index contributed by atoms with van der Waals surface area (Å²) in [5, 5.41) is 22.4. The molecule has 2 aromatic heterocycles. The van der Waals surface area contributed by atoms with Crippen molar-refractivity contribution in [3.05, 3.63) is 92.4 Å². The molecule has 1 fully saturated rings. The maximum absolute atomic E-state index is 13.6. The highest BCUT2D eigenvalue weighted by Gasteiger charge is 2.31. The average molecular weight is 545 g/mol. The standard InChI is InChI=1S/C26H23F3N4O4S/c27-26(28,29)18-9-7-17(8-10-18)16-32-20-5-2-1-4-19(20)22(23(25(32)35)33(36)37)30-11-13-31(14-12-30)24(34)21-6-3-15-38-21/h1-10,15,36-37H,11-14,16H2. The molecule has 38 heavy (non-hydrogen) atoms. The molecule has 1 aliphatic rings. The Bertz CT molecular complexity index is 1510. The first-order valence-electron chi connectivity index (χ1n) is 11.7. The molecule has 5 rings (SSSR count). The molecule has 0 saturated carbocycles. The van der Waals surface area contributed by atoms with Crippen LogP contribution in [0.25, 0.3) is 10.9 Å². The summed E-state index contributed by atoms with van der Waals surface area (Å²) in [6.45, 7) is 1.36.